The van der Waals surface area contributed by atoms with Crippen molar-refractivity contribution in [3.63, 3.8) is 0 Å². The van der Waals surface area contributed by atoms with Gasteiger partial charge >= 0.3 is 0 Å². The van der Waals surface area contributed by atoms with E-state index < -0.39 is 0 Å². The second-order valence-electron chi connectivity index (χ2n) is 3.25. The molecule has 0 spiro atoms. The van der Waals surface area contributed by atoms with Gasteiger partial charge in [0.15, 0.2) is 11.5 Å². The lowest BCUT2D eigenvalue weighted by molar-refractivity contribution is 0.561. The van der Waals surface area contributed by atoms with Crippen molar-refractivity contribution in [3.05, 3.63) is 36.7 Å². The zero-order chi connectivity index (χ0) is 10.3. The molecule has 2 aromatic heterocycles. The molecule has 74 valence electrons. The minimum atomic E-state index is 0.672. The number of nitrogens with zero attached hydrogens (tertiary/aromatic N) is 4. The highest BCUT2D eigenvalue weighted by Gasteiger charge is 2.03. The van der Waals surface area contributed by atoms with Crippen molar-refractivity contribution in [2.24, 2.45) is 0 Å². The van der Waals surface area contributed by atoms with Crippen LogP contribution < -0.4 is 0 Å². The predicted octanol–water partition coefficient (Wildman–Crippen LogP) is 1.72. The summed E-state index contributed by atoms with van der Waals surface area (Å²) in [4.78, 5) is 4.23. The van der Waals surface area contributed by atoms with Crippen molar-refractivity contribution in [2.45, 2.75) is 6.92 Å². The van der Waals surface area contributed by atoms with Gasteiger partial charge in [0.2, 0.25) is 0 Å². The molecule has 0 N–H and O–H groups in total. The fourth-order valence-electron chi connectivity index (χ4n) is 1.52. The number of oxazole rings is 1. The number of hydrogen-bond acceptors (Lipinski definition) is 4. The summed E-state index contributed by atoms with van der Waals surface area (Å²) in [7, 11) is 0. The number of rotatable bonds is 1. The fraction of sp³-hybridized carbons (Fsp3) is 0.100. The maximum atomic E-state index is 5.44. The molecule has 5 heteroatoms. The fourth-order valence-corrected chi connectivity index (χ4v) is 1.52. The molecule has 2 heterocycles. The van der Waals surface area contributed by atoms with Gasteiger partial charge in [0.05, 0.1) is 5.69 Å². The molecule has 0 amide bonds. The lowest BCUT2D eigenvalue weighted by Gasteiger charge is -1.98. The van der Waals surface area contributed by atoms with Gasteiger partial charge in [0, 0.05) is 13.0 Å². The number of hydrogen-bond donors (Lipinski definition) is 0. The van der Waals surface area contributed by atoms with Gasteiger partial charge in [-0.1, -0.05) is 0 Å². The summed E-state index contributed by atoms with van der Waals surface area (Å²) < 4.78 is 7.26. The first-order valence-electron chi connectivity index (χ1n) is 4.55. The van der Waals surface area contributed by atoms with Gasteiger partial charge in [-0.2, -0.15) is 0 Å². The normalized spacial score (nSPS) is 11.0. The maximum absolute atomic E-state index is 5.44. The summed E-state index contributed by atoms with van der Waals surface area (Å²) in [5.74, 6) is 0.672. The summed E-state index contributed by atoms with van der Waals surface area (Å²) in [5, 5.41) is 7.50. The van der Waals surface area contributed by atoms with Crippen LogP contribution in [0, 0.1) is 6.92 Å². The smallest absolute Gasteiger partial charge is 0.192 e. The molecule has 0 aliphatic heterocycles. The van der Waals surface area contributed by atoms with Gasteiger partial charge in [-0.05, 0) is 12.1 Å². The topological polar surface area (TPSA) is 56.7 Å². The Labute approximate surface area is 85.4 Å². The number of fused-ring (bicyclic) bond motifs is 1. The molecule has 15 heavy (non-hydrogen) atoms. The highest BCUT2D eigenvalue weighted by atomic mass is 16.3. The van der Waals surface area contributed by atoms with Gasteiger partial charge < -0.3 is 4.42 Å². The van der Waals surface area contributed by atoms with E-state index in [2.05, 4.69) is 15.2 Å². The Morgan fingerprint density at radius 3 is 2.80 bits per heavy atom. The Balaban J connectivity index is 2.21. The number of aryl methyl sites for hydroxylation is 1. The van der Waals surface area contributed by atoms with E-state index in [0.717, 1.165) is 16.8 Å². The Morgan fingerprint density at radius 1 is 1.20 bits per heavy atom. The third kappa shape index (κ3) is 1.28. The van der Waals surface area contributed by atoms with Crippen molar-refractivity contribution >= 4 is 11.1 Å². The zero-order valence-electron chi connectivity index (χ0n) is 8.08. The van der Waals surface area contributed by atoms with Crippen molar-refractivity contribution in [1.29, 1.82) is 0 Å². The lowest BCUT2D eigenvalue weighted by atomic mass is 10.3. The van der Waals surface area contributed by atoms with Gasteiger partial charge in [-0.25, -0.2) is 4.98 Å². The summed E-state index contributed by atoms with van der Waals surface area (Å²) in [6, 6.07) is 5.79. The van der Waals surface area contributed by atoms with Crippen LogP contribution in [0.5, 0.6) is 0 Å². The first-order chi connectivity index (χ1) is 7.33. The minimum Gasteiger partial charge on any atom is -0.441 e. The molecule has 0 atom stereocenters. The summed E-state index contributed by atoms with van der Waals surface area (Å²) >= 11 is 0. The zero-order valence-corrected chi connectivity index (χ0v) is 8.08. The molecule has 0 radical (unpaired) electrons. The second-order valence-corrected chi connectivity index (χ2v) is 3.25. The first kappa shape index (κ1) is 8.16. The second kappa shape index (κ2) is 2.91. The van der Waals surface area contributed by atoms with Gasteiger partial charge in [0.25, 0.3) is 0 Å². The Hall–Kier alpha value is -2.17. The van der Waals surface area contributed by atoms with Gasteiger partial charge in [-0.3, -0.25) is 4.57 Å². The van der Waals surface area contributed by atoms with Crippen LogP contribution in [0.25, 0.3) is 16.8 Å². The van der Waals surface area contributed by atoms with E-state index in [-0.39, 0.29) is 0 Å². The average Bonchev–Trinajstić information content (AvgIpc) is 2.82. The third-order valence-electron chi connectivity index (χ3n) is 2.20. The van der Waals surface area contributed by atoms with Crippen molar-refractivity contribution in [2.75, 3.05) is 0 Å². The predicted molar refractivity (Wildman–Crippen MR) is 53.7 cm³/mol. The van der Waals surface area contributed by atoms with Crippen molar-refractivity contribution in [3.8, 4) is 5.69 Å². The van der Waals surface area contributed by atoms with E-state index in [4.69, 9.17) is 4.42 Å². The Bertz CT molecular complexity index is 597. The number of benzene rings is 1. The van der Waals surface area contributed by atoms with Crippen LogP contribution in [0.2, 0.25) is 0 Å². The van der Waals surface area contributed by atoms with Crippen LogP contribution in [0.3, 0.4) is 0 Å². The molecule has 3 aromatic rings. The molecular weight excluding hydrogens is 192 g/mol. The quantitative estimate of drug-likeness (QED) is 0.600. The molecular formula is C10H8N4O. The van der Waals surface area contributed by atoms with Crippen molar-refractivity contribution in [1.82, 2.24) is 19.7 Å². The van der Waals surface area contributed by atoms with Crippen LogP contribution >= 0.6 is 0 Å². The van der Waals surface area contributed by atoms with Crippen LogP contribution in [-0.4, -0.2) is 19.7 Å². The monoisotopic (exact) mass is 200 g/mol. The Kier molecular flexibility index (Phi) is 1.58. The summed E-state index contributed by atoms with van der Waals surface area (Å²) in [6.45, 7) is 1.83. The van der Waals surface area contributed by atoms with E-state index in [1.54, 1.807) is 12.7 Å². The van der Waals surface area contributed by atoms with Gasteiger partial charge in [-0.15, -0.1) is 10.2 Å². The molecule has 0 aliphatic carbocycles. The van der Waals surface area contributed by atoms with E-state index in [0.29, 0.717) is 5.89 Å². The lowest BCUT2D eigenvalue weighted by Crippen LogP contribution is -1.88. The van der Waals surface area contributed by atoms with Crippen LogP contribution in [0.15, 0.2) is 35.3 Å². The molecule has 0 aliphatic rings. The van der Waals surface area contributed by atoms with E-state index in [1.165, 1.54) is 0 Å². The molecule has 0 fully saturated rings. The number of aromatic nitrogens is 4. The standard InChI is InChI=1S/C10H8N4O/c1-7-13-9-3-2-8(4-10(9)15-7)14-5-11-12-6-14/h2-6H,1H3. The molecule has 0 saturated heterocycles. The molecule has 0 saturated carbocycles. The molecule has 3 rings (SSSR count). The maximum Gasteiger partial charge on any atom is 0.192 e. The molecule has 1 aromatic carbocycles. The van der Waals surface area contributed by atoms with Crippen LogP contribution in [0.4, 0.5) is 0 Å². The molecule has 0 bridgehead atoms. The summed E-state index contributed by atoms with van der Waals surface area (Å²) in [6.07, 6.45) is 3.29. The van der Waals surface area contributed by atoms with E-state index in [9.17, 15) is 0 Å². The average molecular weight is 200 g/mol. The SMILES string of the molecule is Cc1nc2ccc(-n3cnnc3)cc2o1. The molecule has 0 unspecified atom stereocenters. The highest BCUT2D eigenvalue weighted by Crippen LogP contribution is 2.18. The largest absolute Gasteiger partial charge is 0.441 e. The summed E-state index contributed by atoms with van der Waals surface area (Å²) in [5.41, 5.74) is 2.60. The molecule has 5 nitrogen and oxygen atoms in total. The minimum absolute atomic E-state index is 0.672. The highest BCUT2D eigenvalue weighted by molar-refractivity contribution is 5.75. The first-order valence-corrected chi connectivity index (χ1v) is 4.55. The van der Waals surface area contributed by atoms with Crippen LogP contribution in [-0.2, 0) is 0 Å². The van der Waals surface area contributed by atoms with Crippen molar-refractivity contribution < 1.29 is 4.42 Å². The van der Waals surface area contributed by atoms with Gasteiger partial charge in [0.1, 0.15) is 18.2 Å². The third-order valence-corrected chi connectivity index (χ3v) is 2.20. The van der Waals surface area contributed by atoms with E-state index >= 15 is 0 Å². The van der Waals surface area contributed by atoms with Crippen LogP contribution in [0.1, 0.15) is 5.89 Å². The van der Waals surface area contributed by atoms with E-state index in [1.807, 2.05) is 29.7 Å². The Morgan fingerprint density at radius 2 is 2.00 bits per heavy atom.